The van der Waals surface area contributed by atoms with Crippen molar-refractivity contribution in [2.24, 2.45) is 0 Å². The number of nitrogens with zero attached hydrogens (tertiary/aromatic N) is 2. The first-order valence-corrected chi connectivity index (χ1v) is 7.54. The third kappa shape index (κ3) is 2.90. The van der Waals surface area contributed by atoms with Crippen LogP contribution in [0.5, 0.6) is 5.75 Å². The highest BCUT2D eigenvalue weighted by atomic mass is 16.7. The number of fused-ring (bicyclic) bond motifs is 1. The van der Waals surface area contributed by atoms with E-state index in [4.69, 9.17) is 9.57 Å². The fraction of sp³-hybridized carbons (Fsp3) is 0.222. The molecule has 0 radical (unpaired) electrons. The SMILES string of the molecule is CCCOn1c(-c2ccc(OC)cc2)nc2ccccc2c1=O. The van der Waals surface area contributed by atoms with Gasteiger partial charge >= 0.3 is 0 Å². The van der Waals surface area contributed by atoms with Gasteiger partial charge in [0.05, 0.1) is 18.0 Å². The molecular formula is C18H18N2O3. The lowest BCUT2D eigenvalue weighted by Gasteiger charge is -2.14. The van der Waals surface area contributed by atoms with Gasteiger partial charge in [-0.2, -0.15) is 0 Å². The Morgan fingerprint density at radius 1 is 1.09 bits per heavy atom. The first-order chi connectivity index (χ1) is 11.2. The molecule has 5 heteroatoms. The molecule has 0 atom stereocenters. The van der Waals surface area contributed by atoms with Crippen molar-refractivity contribution in [1.82, 2.24) is 9.71 Å². The van der Waals surface area contributed by atoms with Crippen LogP contribution in [0.3, 0.4) is 0 Å². The van der Waals surface area contributed by atoms with Gasteiger partial charge < -0.3 is 9.57 Å². The van der Waals surface area contributed by atoms with E-state index in [9.17, 15) is 4.79 Å². The van der Waals surface area contributed by atoms with E-state index in [-0.39, 0.29) is 5.56 Å². The van der Waals surface area contributed by atoms with Gasteiger partial charge in [-0.05, 0) is 42.8 Å². The molecule has 1 heterocycles. The van der Waals surface area contributed by atoms with E-state index in [2.05, 4.69) is 4.98 Å². The zero-order chi connectivity index (χ0) is 16.2. The number of rotatable bonds is 5. The fourth-order valence-electron chi connectivity index (χ4n) is 2.34. The molecule has 5 nitrogen and oxygen atoms in total. The van der Waals surface area contributed by atoms with Crippen molar-refractivity contribution >= 4 is 10.9 Å². The van der Waals surface area contributed by atoms with Gasteiger partial charge in [-0.3, -0.25) is 4.79 Å². The quantitative estimate of drug-likeness (QED) is 0.727. The molecule has 0 spiro atoms. The molecule has 0 aliphatic heterocycles. The molecule has 0 aliphatic carbocycles. The normalized spacial score (nSPS) is 10.7. The maximum absolute atomic E-state index is 12.7. The van der Waals surface area contributed by atoms with Gasteiger partial charge in [-0.25, -0.2) is 4.98 Å². The Kier molecular flexibility index (Phi) is 4.28. The van der Waals surface area contributed by atoms with Crippen LogP contribution in [0.2, 0.25) is 0 Å². The van der Waals surface area contributed by atoms with E-state index in [1.54, 1.807) is 13.2 Å². The average Bonchev–Trinajstić information content (AvgIpc) is 2.61. The van der Waals surface area contributed by atoms with Crippen molar-refractivity contribution in [3.63, 3.8) is 0 Å². The lowest BCUT2D eigenvalue weighted by atomic mass is 10.2. The van der Waals surface area contributed by atoms with Gasteiger partial charge in [0.15, 0.2) is 5.82 Å². The second-order valence-corrected chi connectivity index (χ2v) is 5.11. The molecule has 0 unspecified atom stereocenters. The number of aromatic nitrogens is 2. The Balaban J connectivity index is 2.21. The van der Waals surface area contributed by atoms with Crippen molar-refractivity contribution < 1.29 is 9.57 Å². The molecule has 0 fully saturated rings. The van der Waals surface area contributed by atoms with Crippen LogP contribution in [0.1, 0.15) is 13.3 Å². The summed E-state index contributed by atoms with van der Waals surface area (Å²) in [5, 5.41) is 0.542. The number of ether oxygens (including phenoxy) is 1. The van der Waals surface area contributed by atoms with Crippen LogP contribution in [-0.4, -0.2) is 23.4 Å². The monoisotopic (exact) mass is 310 g/mol. The first-order valence-electron chi connectivity index (χ1n) is 7.54. The number of methoxy groups -OCH3 is 1. The molecule has 0 bridgehead atoms. The molecule has 0 N–H and O–H groups in total. The maximum atomic E-state index is 12.7. The first kappa shape index (κ1) is 15.1. The molecule has 2 aromatic carbocycles. The molecule has 0 saturated carbocycles. The van der Waals surface area contributed by atoms with Crippen LogP contribution in [0, 0.1) is 0 Å². The molecule has 3 rings (SSSR count). The third-order valence-electron chi connectivity index (χ3n) is 3.51. The maximum Gasteiger partial charge on any atom is 0.294 e. The van der Waals surface area contributed by atoms with Crippen LogP contribution in [0.25, 0.3) is 22.3 Å². The van der Waals surface area contributed by atoms with Gasteiger partial charge in [0.2, 0.25) is 0 Å². The molecule has 0 saturated heterocycles. The minimum Gasteiger partial charge on any atom is -0.497 e. The van der Waals surface area contributed by atoms with E-state index < -0.39 is 0 Å². The molecule has 0 aliphatic rings. The highest BCUT2D eigenvalue weighted by molar-refractivity contribution is 5.79. The molecule has 1 aromatic heterocycles. The number of benzene rings is 2. The van der Waals surface area contributed by atoms with Gasteiger partial charge in [0, 0.05) is 5.56 Å². The van der Waals surface area contributed by atoms with E-state index in [0.29, 0.717) is 23.3 Å². The van der Waals surface area contributed by atoms with Crippen molar-refractivity contribution in [2.75, 3.05) is 13.7 Å². The summed E-state index contributed by atoms with van der Waals surface area (Å²) in [6.07, 6.45) is 0.807. The zero-order valence-electron chi connectivity index (χ0n) is 13.2. The van der Waals surface area contributed by atoms with Crippen LogP contribution in [0.4, 0.5) is 0 Å². The fourth-order valence-corrected chi connectivity index (χ4v) is 2.34. The van der Waals surface area contributed by atoms with Gasteiger partial charge in [0.25, 0.3) is 5.56 Å². The van der Waals surface area contributed by atoms with E-state index >= 15 is 0 Å². The molecule has 0 amide bonds. The highest BCUT2D eigenvalue weighted by Gasteiger charge is 2.13. The smallest absolute Gasteiger partial charge is 0.294 e. The Labute approximate surface area is 134 Å². The predicted molar refractivity (Wildman–Crippen MR) is 89.7 cm³/mol. The minimum absolute atomic E-state index is 0.199. The van der Waals surface area contributed by atoms with Gasteiger partial charge in [-0.15, -0.1) is 4.73 Å². The predicted octanol–water partition coefficient (Wildman–Crippen LogP) is 2.91. The second-order valence-electron chi connectivity index (χ2n) is 5.11. The van der Waals surface area contributed by atoms with Crippen LogP contribution in [0.15, 0.2) is 53.3 Å². The van der Waals surface area contributed by atoms with E-state index in [1.165, 1.54) is 4.73 Å². The summed E-state index contributed by atoms with van der Waals surface area (Å²) in [6, 6.07) is 14.7. The molecular weight excluding hydrogens is 292 g/mol. The average molecular weight is 310 g/mol. The highest BCUT2D eigenvalue weighted by Crippen LogP contribution is 2.21. The number of hydrogen-bond acceptors (Lipinski definition) is 4. The van der Waals surface area contributed by atoms with Gasteiger partial charge in [-0.1, -0.05) is 19.1 Å². The Morgan fingerprint density at radius 2 is 1.83 bits per heavy atom. The van der Waals surface area contributed by atoms with E-state index in [0.717, 1.165) is 17.7 Å². The van der Waals surface area contributed by atoms with Gasteiger partial charge in [0.1, 0.15) is 12.4 Å². The standard InChI is InChI=1S/C18H18N2O3/c1-3-12-23-20-17(13-8-10-14(22-2)11-9-13)19-16-7-5-4-6-15(16)18(20)21/h4-11H,3,12H2,1-2H3. The lowest BCUT2D eigenvalue weighted by Crippen LogP contribution is -2.30. The van der Waals surface area contributed by atoms with Crippen molar-refractivity contribution in [3.8, 4) is 17.1 Å². The number of para-hydroxylation sites is 1. The summed E-state index contributed by atoms with van der Waals surface area (Å²) in [6.45, 7) is 2.44. The van der Waals surface area contributed by atoms with Crippen molar-refractivity contribution in [1.29, 1.82) is 0 Å². The summed E-state index contributed by atoms with van der Waals surface area (Å²) < 4.78 is 6.46. The summed E-state index contributed by atoms with van der Waals surface area (Å²) in [5.41, 5.74) is 1.25. The van der Waals surface area contributed by atoms with Crippen molar-refractivity contribution in [3.05, 3.63) is 58.9 Å². The van der Waals surface area contributed by atoms with E-state index in [1.807, 2.05) is 49.4 Å². The summed E-state index contributed by atoms with van der Waals surface area (Å²) in [4.78, 5) is 23.0. The molecule has 3 aromatic rings. The second kappa shape index (κ2) is 6.52. The Bertz CT molecular complexity index is 870. The number of hydrogen-bond donors (Lipinski definition) is 0. The topological polar surface area (TPSA) is 53.4 Å². The lowest BCUT2D eigenvalue weighted by molar-refractivity contribution is 0.105. The van der Waals surface area contributed by atoms with Crippen LogP contribution in [-0.2, 0) is 0 Å². The minimum atomic E-state index is -0.199. The van der Waals surface area contributed by atoms with Crippen LogP contribution < -0.4 is 15.1 Å². The largest absolute Gasteiger partial charge is 0.497 e. The summed E-state index contributed by atoms with van der Waals surface area (Å²) >= 11 is 0. The Hall–Kier alpha value is -2.82. The summed E-state index contributed by atoms with van der Waals surface area (Å²) in [7, 11) is 1.61. The third-order valence-corrected chi connectivity index (χ3v) is 3.51. The molecule has 118 valence electrons. The summed E-state index contributed by atoms with van der Waals surface area (Å²) in [5.74, 6) is 1.24. The zero-order valence-corrected chi connectivity index (χ0v) is 13.2. The van der Waals surface area contributed by atoms with Crippen molar-refractivity contribution in [2.45, 2.75) is 13.3 Å². The molecule has 23 heavy (non-hydrogen) atoms. The Morgan fingerprint density at radius 3 is 2.52 bits per heavy atom. The van der Waals surface area contributed by atoms with Crippen LogP contribution >= 0.6 is 0 Å².